The number of carbonyl (C=O) groups is 4. The highest BCUT2D eigenvalue weighted by molar-refractivity contribution is 6.19. The largest absolute Gasteiger partial charge is 0.480 e. The molecule has 0 aliphatic rings. The molecule has 1 aromatic rings. The minimum Gasteiger partial charge on any atom is -0.480 e. The van der Waals surface area contributed by atoms with Gasteiger partial charge in [0.25, 0.3) is 0 Å². The van der Waals surface area contributed by atoms with Crippen LogP contribution in [0.2, 0.25) is 0 Å². The first-order chi connectivity index (χ1) is 12.4. The van der Waals surface area contributed by atoms with Gasteiger partial charge in [0.1, 0.15) is 17.2 Å². The van der Waals surface area contributed by atoms with E-state index in [0.29, 0.717) is 11.1 Å². The molecule has 0 heterocycles. The lowest BCUT2D eigenvalue weighted by molar-refractivity contribution is -0.150. The summed E-state index contributed by atoms with van der Waals surface area (Å²) in [5, 5.41) is 11.5. The van der Waals surface area contributed by atoms with Crippen LogP contribution in [0.5, 0.6) is 0 Å². The maximum atomic E-state index is 12.2. The number of carbonyl (C=O) groups excluding carboxylic acids is 3. The summed E-state index contributed by atoms with van der Waals surface area (Å²) in [5.41, 5.74) is 0.501. The van der Waals surface area contributed by atoms with E-state index in [4.69, 9.17) is 9.84 Å². The molecule has 7 heteroatoms. The second-order valence-corrected chi connectivity index (χ2v) is 7.15. The van der Waals surface area contributed by atoms with Crippen LogP contribution in [0.3, 0.4) is 0 Å². The molecule has 27 heavy (non-hydrogen) atoms. The van der Waals surface area contributed by atoms with Gasteiger partial charge >= 0.3 is 11.9 Å². The number of rotatable bonds is 7. The number of hydrogen-bond acceptors (Lipinski definition) is 5. The van der Waals surface area contributed by atoms with E-state index in [9.17, 15) is 19.2 Å². The minimum absolute atomic E-state index is 0.0701. The number of nitrogens with one attached hydrogen (secondary N) is 1. The average Bonchev–Trinajstić information content (AvgIpc) is 2.50. The predicted molar refractivity (Wildman–Crippen MR) is 99.9 cm³/mol. The summed E-state index contributed by atoms with van der Waals surface area (Å²) in [6, 6.07) is 5.65. The summed E-state index contributed by atoms with van der Waals surface area (Å²) in [4.78, 5) is 46.3. The number of hydrogen-bond donors (Lipinski definition) is 2. The number of carboxylic acids is 1. The van der Waals surface area contributed by atoms with Crippen molar-refractivity contribution in [3.8, 4) is 0 Å². The topological polar surface area (TPSA) is 110 Å². The lowest BCUT2D eigenvalue weighted by Gasteiger charge is -2.20. The number of carboxylic acid groups (broad SMARTS) is 1. The molecule has 0 spiro atoms. The SMILES string of the molecule is CC(=O)N[C@@H](Cc1ccc(C=C(C(C)=O)C(=O)OC(C)(C)C)cc1)C(=O)O. The van der Waals surface area contributed by atoms with Crippen LogP contribution in [-0.4, -0.2) is 40.4 Å². The van der Waals surface area contributed by atoms with E-state index in [1.807, 2.05) is 0 Å². The van der Waals surface area contributed by atoms with Crippen molar-refractivity contribution < 1.29 is 29.0 Å². The van der Waals surface area contributed by atoms with E-state index >= 15 is 0 Å². The molecule has 0 aromatic heterocycles. The summed E-state index contributed by atoms with van der Waals surface area (Å²) in [6.45, 7) is 7.68. The van der Waals surface area contributed by atoms with Crippen LogP contribution in [-0.2, 0) is 30.3 Å². The highest BCUT2D eigenvalue weighted by Gasteiger charge is 2.23. The van der Waals surface area contributed by atoms with Crippen molar-refractivity contribution in [2.24, 2.45) is 0 Å². The van der Waals surface area contributed by atoms with Crippen molar-refractivity contribution in [2.75, 3.05) is 0 Å². The fourth-order valence-corrected chi connectivity index (χ4v) is 2.24. The van der Waals surface area contributed by atoms with Crippen LogP contribution in [0.1, 0.15) is 45.7 Å². The zero-order chi connectivity index (χ0) is 20.8. The van der Waals surface area contributed by atoms with Crippen LogP contribution in [0.4, 0.5) is 0 Å². The molecule has 0 saturated heterocycles. The first kappa shape index (κ1) is 22.1. The number of ketones is 1. The number of amides is 1. The van der Waals surface area contributed by atoms with E-state index < -0.39 is 35.3 Å². The van der Waals surface area contributed by atoms with Crippen molar-refractivity contribution >= 4 is 29.7 Å². The Bertz CT molecular complexity index is 756. The van der Waals surface area contributed by atoms with Gasteiger partial charge in [-0.05, 0) is 44.9 Å². The molecule has 1 amide bonds. The van der Waals surface area contributed by atoms with Gasteiger partial charge in [0, 0.05) is 13.3 Å². The summed E-state index contributed by atoms with van der Waals surface area (Å²) >= 11 is 0. The van der Waals surface area contributed by atoms with Gasteiger partial charge < -0.3 is 15.2 Å². The Morgan fingerprint density at radius 1 is 1.11 bits per heavy atom. The molecule has 2 N–H and O–H groups in total. The van der Waals surface area contributed by atoms with E-state index in [-0.39, 0.29) is 12.0 Å². The minimum atomic E-state index is -1.13. The number of esters is 1. The van der Waals surface area contributed by atoms with Gasteiger partial charge in [-0.3, -0.25) is 9.59 Å². The fourth-order valence-electron chi connectivity index (χ4n) is 2.24. The van der Waals surface area contributed by atoms with E-state index in [1.54, 1.807) is 45.0 Å². The van der Waals surface area contributed by atoms with Crippen LogP contribution in [0.15, 0.2) is 29.8 Å². The molecule has 0 fully saturated rings. The van der Waals surface area contributed by atoms with Gasteiger partial charge in [-0.1, -0.05) is 24.3 Å². The third-order valence-corrected chi connectivity index (χ3v) is 3.40. The van der Waals surface area contributed by atoms with Gasteiger partial charge in [-0.2, -0.15) is 0 Å². The molecule has 1 aromatic carbocycles. The van der Waals surface area contributed by atoms with Crippen LogP contribution in [0.25, 0.3) is 6.08 Å². The van der Waals surface area contributed by atoms with E-state index in [2.05, 4.69) is 5.32 Å². The third kappa shape index (κ3) is 7.85. The van der Waals surface area contributed by atoms with Gasteiger partial charge in [-0.15, -0.1) is 0 Å². The molecule has 1 atom stereocenters. The maximum absolute atomic E-state index is 12.2. The fraction of sp³-hybridized carbons (Fsp3) is 0.400. The van der Waals surface area contributed by atoms with Crippen molar-refractivity contribution in [3.63, 3.8) is 0 Å². The van der Waals surface area contributed by atoms with Gasteiger partial charge in [-0.25, -0.2) is 9.59 Å². The molecular weight excluding hydrogens is 350 g/mol. The first-order valence-corrected chi connectivity index (χ1v) is 8.44. The van der Waals surface area contributed by atoms with Crippen molar-refractivity contribution in [2.45, 2.75) is 52.7 Å². The highest BCUT2D eigenvalue weighted by atomic mass is 16.6. The lowest BCUT2D eigenvalue weighted by atomic mass is 10.0. The standard InChI is InChI=1S/C20H25NO6/c1-12(22)16(19(26)27-20(3,4)5)10-14-6-8-15(9-7-14)11-17(18(24)25)21-13(2)23/h6-10,17H,11H2,1-5H3,(H,21,23)(H,24,25)/t17-/m0/s1. The van der Waals surface area contributed by atoms with Crippen LogP contribution >= 0.6 is 0 Å². The summed E-state index contributed by atoms with van der Waals surface area (Å²) in [7, 11) is 0. The highest BCUT2D eigenvalue weighted by Crippen LogP contribution is 2.16. The summed E-state index contributed by atoms with van der Waals surface area (Å²) in [6.07, 6.45) is 1.55. The first-order valence-electron chi connectivity index (χ1n) is 8.44. The Morgan fingerprint density at radius 3 is 2.07 bits per heavy atom. The van der Waals surface area contributed by atoms with Gasteiger partial charge in [0.05, 0.1) is 0 Å². The molecular formula is C20H25NO6. The molecule has 146 valence electrons. The van der Waals surface area contributed by atoms with Crippen molar-refractivity contribution in [1.82, 2.24) is 5.32 Å². The predicted octanol–water partition coefficient (Wildman–Crippen LogP) is 2.13. The quantitative estimate of drug-likeness (QED) is 0.327. The Hall–Kier alpha value is -2.96. The monoisotopic (exact) mass is 375 g/mol. The van der Waals surface area contributed by atoms with E-state index in [1.165, 1.54) is 19.9 Å². The second kappa shape index (κ2) is 9.12. The molecule has 0 aliphatic heterocycles. The van der Waals surface area contributed by atoms with Crippen LogP contribution in [0, 0.1) is 0 Å². The number of ether oxygens (including phenoxy) is 1. The lowest BCUT2D eigenvalue weighted by Crippen LogP contribution is -2.41. The third-order valence-electron chi connectivity index (χ3n) is 3.40. The molecule has 0 saturated carbocycles. The number of benzene rings is 1. The number of Topliss-reactive ketones (excluding diaryl/α,β-unsaturated/α-hetero) is 1. The molecule has 7 nitrogen and oxygen atoms in total. The zero-order valence-corrected chi connectivity index (χ0v) is 16.2. The van der Waals surface area contributed by atoms with Crippen LogP contribution < -0.4 is 5.32 Å². The molecule has 0 aliphatic carbocycles. The van der Waals surface area contributed by atoms with Gasteiger partial charge in [0.15, 0.2) is 5.78 Å². The Labute approximate surface area is 158 Å². The molecule has 0 radical (unpaired) electrons. The molecule has 0 bridgehead atoms. The van der Waals surface area contributed by atoms with Gasteiger partial charge in [0.2, 0.25) is 5.91 Å². The van der Waals surface area contributed by atoms with Crippen molar-refractivity contribution in [1.29, 1.82) is 0 Å². The molecule has 0 unspecified atom stereocenters. The maximum Gasteiger partial charge on any atom is 0.342 e. The molecule has 1 rings (SSSR count). The normalized spacial score (nSPS) is 12.9. The second-order valence-electron chi connectivity index (χ2n) is 7.15. The zero-order valence-electron chi connectivity index (χ0n) is 16.2. The summed E-state index contributed by atoms with van der Waals surface area (Å²) < 4.78 is 5.24. The Morgan fingerprint density at radius 2 is 1.67 bits per heavy atom. The van der Waals surface area contributed by atoms with Crippen molar-refractivity contribution in [3.05, 3.63) is 41.0 Å². The Balaban J connectivity index is 3.00. The smallest absolute Gasteiger partial charge is 0.342 e. The summed E-state index contributed by atoms with van der Waals surface area (Å²) in [5.74, 6) is -2.66. The Kier molecular flexibility index (Phi) is 7.45. The van der Waals surface area contributed by atoms with E-state index in [0.717, 1.165) is 0 Å². The average molecular weight is 375 g/mol. The number of aliphatic carboxylic acids is 1.